The number of likely N-dealkylation sites (tertiary alicyclic amines) is 1. The summed E-state index contributed by atoms with van der Waals surface area (Å²) in [6.07, 6.45) is 5.91. The summed E-state index contributed by atoms with van der Waals surface area (Å²) >= 11 is 0. The largest absolute Gasteiger partial charge is 0.324 e. The van der Waals surface area contributed by atoms with Gasteiger partial charge in [-0.05, 0) is 52.5 Å². The standard InChI is InChI=1S/C14H24N4/c1-9(2)18-8-4-7-12(18)14-13-10(15)5-3-6-11(13)16-17-14/h9-10,12H,3-8,15H2,1-2H3,(H,16,17)/t10-,12+/m1/s1. The van der Waals surface area contributed by atoms with Crippen molar-refractivity contribution in [1.29, 1.82) is 0 Å². The summed E-state index contributed by atoms with van der Waals surface area (Å²) in [5, 5.41) is 7.85. The van der Waals surface area contributed by atoms with Gasteiger partial charge in [0.15, 0.2) is 0 Å². The van der Waals surface area contributed by atoms with Gasteiger partial charge < -0.3 is 5.73 Å². The van der Waals surface area contributed by atoms with E-state index in [0.29, 0.717) is 12.1 Å². The molecule has 2 aliphatic rings. The monoisotopic (exact) mass is 248 g/mol. The second-order valence-electron chi connectivity index (χ2n) is 5.99. The molecule has 1 fully saturated rings. The Bertz CT molecular complexity index is 423. The predicted octanol–water partition coefficient (Wildman–Crippen LogP) is 2.29. The van der Waals surface area contributed by atoms with E-state index >= 15 is 0 Å². The summed E-state index contributed by atoms with van der Waals surface area (Å²) in [5.41, 5.74) is 10.2. The van der Waals surface area contributed by atoms with Crippen LogP contribution in [0.4, 0.5) is 0 Å². The fourth-order valence-corrected chi connectivity index (χ4v) is 3.60. The predicted molar refractivity (Wildman–Crippen MR) is 72.3 cm³/mol. The first-order valence-corrected chi connectivity index (χ1v) is 7.27. The van der Waals surface area contributed by atoms with Gasteiger partial charge in [-0.15, -0.1) is 0 Å². The molecule has 3 rings (SSSR count). The third kappa shape index (κ3) is 1.88. The van der Waals surface area contributed by atoms with Crippen LogP contribution in [0.25, 0.3) is 0 Å². The van der Waals surface area contributed by atoms with E-state index in [2.05, 4.69) is 28.9 Å². The van der Waals surface area contributed by atoms with Crippen LogP contribution in [0.3, 0.4) is 0 Å². The minimum Gasteiger partial charge on any atom is -0.324 e. The lowest BCUT2D eigenvalue weighted by atomic mass is 9.89. The van der Waals surface area contributed by atoms with Crippen LogP contribution in [0.15, 0.2) is 0 Å². The summed E-state index contributed by atoms with van der Waals surface area (Å²) in [6.45, 7) is 5.74. The highest BCUT2D eigenvalue weighted by molar-refractivity contribution is 5.33. The average molecular weight is 248 g/mol. The van der Waals surface area contributed by atoms with E-state index in [0.717, 1.165) is 12.8 Å². The Kier molecular flexibility index (Phi) is 3.16. The molecule has 0 radical (unpaired) electrons. The summed E-state index contributed by atoms with van der Waals surface area (Å²) < 4.78 is 0. The number of hydrogen-bond donors (Lipinski definition) is 2. The van der Waals surface area contributed by atoms with Crippen LogP contribution >= 0.6 is 0 Å². The number of hydrogen-bond acceptors (Lipinski definition) is 3. The van der Waals surface area contributed by atoms with E-state index in [4.69, 9.17) is 5.73 Å². The molecule has 0 amide bonds. The van der Waals surface area contributed by atoms with Crippen LogP contribution in [0.5, 0.6) is 0 Å². The quantitative estimate of drug-likeness (QED) is 0.844. The lowest BCUT2D eigenvalue weighted by molar-refractivity contribution is 0.201. The number of fused-ring (bicyclic) bond motifs is 1. The molecule has 1 aliphatic heterocycles. The second kappa shape index (κ2) is 4.67. The Morgan fingerprint density at radius 3 is 2.94 bits per heavy atom. The Morgan fingerprint density at radius 2 is 2.17 bits per heavy atom. The molecule has 1 aromatic rings. The molecule has 2 heterocycles. The first-order chi connectivity index (χ1) is 8.68. The fourth-order valence-electron chi connectivity index (χ4n) is 3.60. The Labute approximate surface area is 109 Å². The van der Waals surface area contributed by atoms with Crippen molar-refractivity contribution >= 4 is 0 Å². The highest BCUT2D eigenvalue weighted by Crippen LogP contribution is 2.39. The van der Waals surface area contributed by atoms with Crippen LogP contribution in [-0.2, 0) is 6.42 Å². The number of aromatic amines is 1. The molecular formula is C14H24N4. The van der Waals surface area contributed by atoms with Crippen LogP contribution in [-0.4, -0.2) is 27.7 Å². The maximum Gasteiger partial charge on any atom is 0.0844 e. The molecule has 0 spiro atoms. The van der Waals surface area contributed by atoms with Crippen LogP contribution < -0.4 is 5.73 Å². The van der Waals surface area contributed by atoms with Crippen LogP contribution in [0, 0.1) is 0 Å². The topological polar surface area (TPSA) is 57.9 Å². The number of nitrogens with zero attached hydrogens (tertiary/aromatic N) is 2. The van der Waals surface area contributed by atoms with Gasteiger partial charge in [0.25, 0.3) is 0 Å². The van der Waals surface area contributed by atoms with E-state index in [9.17, 15) is 0 Å². The zero-order chi connectivity index (χ0) is 12.7. The van der Waals surface area contributed by atoms with Gasteiger partial charge >= 0.3 is 0 Å². The van der Waals surface area contributed by atoms with Crippen molar-refractivity contribution in [2.45, 2.75) is 64.1 Å². The van der Waals surface area contributed by atoms with Gasteiger partial charge in [0.05, 0.1) is 11.7 Å². The molecule has 4 nitrogen and oxygen atoms in total. The van der Waals surface area contributed by atoms with Crippen LogP contribution in [0.2, 0.25) is 0 Å². The summed E-state index contributed by atoms with van der Waals surface area (Å²) in [4.78, 5) is 2.57. The number of nitrogens with one attached hydrogen (secondary N) is 1. The maximum atomic E-state index is 6.30. The Morgan fingerprint density at radius 1 is 1.33 bits per heavy atom. The molecule has 0 unspecified atom stereocenters. The molecule has 100 valence electrons. The first-order valence-electron chi connectivity index (χ1n) is 7.27. The lowest BCUT2D eigenvalue weighted by Crippen LogP contribution is -2.31. The summed E-state index contributed by atoms with van der Waals surface area (Å²) in [7, 11) is 0. The van der Waals surface area contributed by atoms with E-state index < -0.39 is 0 Å². The third-order valence-corrected chi connectivity index (χ3v) is 4.50. The molecule has 1 aromatic heterocycles. The minimum absolute atomic E-state index is 0.192. The molecule has 0 saturated carbocycles. The van der Waals surface area contributed by atoms with E-state index in [1.165, 1.54) is 42.8 Å². The molecular weight excluding hydrogens is 224 g/mol. The normalized spacial score (nSPS) is 28.9. The van der Waals surface area contributed by atoms with Crippen LogP contribution in [0.1, 0.15) is 68.6 Å². The number of aryl methyl sites for hydroxylation is 1. The van der Waals surface area contributed by atoms with Crippen molar-refractivity contribution < 1.29 is 0 Å². The van der Waals surface area contributed by atoms with Gasteiger partial charge in [0.1, 0.15) is 0 Å². The summed E-state index contributed by atoms with van der Waals surface area (Å²) in [5.74, 6) is 0. The highest BCUT2D eigenvalue weighted by Gasteiger charge is 2.34. The van der Waals surface area contributed by atoms with Gasteiger partial charge in [-0.25, -0.2) is 0 Å². The minimum atomic E-state index is 0.192. The molecule has 2 atom stereocenters. The zero-order valence-corrected chi connectivity index (χ0v) is 11.4. The highest BCUT2D eigenvalue weighted by atomic mass is 15.2. The smallest absolute Gasteiger partial charge is 0.0844 e. The average Bonchev–Trinajstić information content (AvgIpc) is 2.94. The molecule has 0 aromatic carbocycles. The number of aromatic nitrogens is 2. The van der Waals surface area contributed by atoms with Gasteiger partial charge in [0, 0.05) is 23.3 Å². The second-order valence-corrected chi connectivity index (χ2v) is 5.99. The first kappa shape index (κ1) is 12.2. The van der Waals surface area contributed by atoms with Crippen molar-refractivity contribution in [3.05, 3.63) is 17.0 Å². The van der Waals surface area contributed by atoms with E-state index in [1.807, 2.05) is 0 Å². The fraction of sp³-hybridized carbons (Fsp3) is 0.786. The van der Waals surface area contributed by atoms with E-state index in [-0.39, 0.29) is 6.04 Å². The SMILES string of the molecule is CC(C)N1CCC[C@H]1c1n[nH]c2c1[C@H](N)CCC2. The van der Waals surface area contributed by atoms with Gasteiger partial charge in [-0.1, -0.05) is 0 Å². The zero-order valence-electron chi connectivity index (χ0n) is 11.4. The maximum absolute atomic E-state index is 6.30. The Balaban J connectivity index is 1.95. The number of nitrogens with two attached hydrogens (primary N) is 1. The molecule has 4 heteroatoms. The van der Waals surface area contributed by atoms with E-state index in [1.54, 1.807) is 0 Å². The van der Waals surface area contributed by atoms with Gasteiger partial charge in [0.2, 0.25) is 0 Å². The molecule has 18 heavy (non-hydrogen) atoms. The van der Waals surface area contributed by atoms with Gasteiger partial charge in [-0.2, -0.15) is 5.10 Å². The van der Waals surface area contributed by atoms with Gasteiger partial charge in [-0.3, -0.25) is 10.00 Å². The molecule has 0 bridgehead atoms. The Hall–Kier alpha value is -0.870. The van der Waals surface area contributed by atoms with Crippen molar-refractivity contribution in [2.75, 3.05) is 6.54 Å². The lowest BCUT2D eigenvalue weighted by Gasteiger charge is -2.29. The number of H-pyrrole nitrogens is 1. The molecule has 3 N–H and O–H groups in total. The molecule has 1 aliphatic carbocycles. The molecule has 1 saturated heterocycles. The third-order valence-electron chi connectivity index (χ3n) is 4.50. The van der Waals surface area contributed by atoms with Crippen molar-refractivity contribution in [1.82, 2.24) is 15.1 Å². The van der Waals surface area contributed by atoms with Crippen molar-refractivity contribution in [3.8, 4) is 0 Å². The van der Waals surface area contributed by atoms with Crippen molar-refractivity contribution in [2.24, 2.45) is 5.73 Å². The number of rotatable bonds is 2. The summed E-state index contributed by atoms with van der Waals surface area (Å²) in [6, 6.07) is 1.26. The van der Waals surface area contributed by atoms with Crippen molar-refractivity contribution in [3.63, 3.8) is 0 Å².